The Hall–Kier alpha value is -3.26. The van der Waals surface area contributed by atoms with Gasteiger partial charge in [-0.15, -0.1) is 11.8 Å². The molecule has 0 spiro atoms. The normalized spacial score (nSPS) is 17.4. The molecule has 1 saturated carbocycles. The van der Waals surface area contributed by atoms with Crippen LogP contribution in [0.3, 0.4) is 0 Å². The number of carbonyl (C=O) groups is 3. The largest absolute Gasteiger partial charge is 0.416 e. The minimum absolute atomic E-state index is 0.151. The molecule has 14 heteroatoms. The van der Waals surface area contributed by atoms with Crippen molar-refractivity contribution in [2.24, 2.45) is 5.92 Å². The number of alkyl halides is 3. The molecule has 3 N–H and O–H groups in total. The Morgan fingerprint density at radius 1 is 1.02 bits per heavy atom. The predicted molar refractivity (Wildman–Crippen MR) is 151 cm³/mol. The molecule has 0 aliphatic heterocycles. The van der Waals surface area contributed by atoms with Crippen LogP contribution in [0.4, 0.5) is 23.7 Å². The Labute approximate surface area is 241 Å². The standard InChI is InChI=1S/C27H33F3N4O5S2/c1-34(2)26(37)33-23-13-8-18(27(28,29)30)14-21(23)25(36)31-15-24(35)32-22-7-5-4-6-17(22)16-41(38,39)20-11-9-19(40-3)10-12-20/h8-14,17,22H,4-7,15-16H2,1-3H3,(H,31,36)(H,32,35)(H,33,37)/t17-,22+/m1/s1. The fourth-order valence-corrected chi connectivity index (χ4v) is 6.63. The zero-order valence-corrected chi connectivity index (χ0v) is 24.5. The number of nitrogens with zero attached hydrogens (tertiary/aromatic N) is 1. The van der Waals surface area contributed by atoms with Crippen LogP contribution in [0.5, 0.6) is 0 Å². The second kappa shape index (κ2) is 13.6. The lowest BCUT2D eigenvalue weighted by atomic mass is 9.86. The molecule has 0 heterocycles. The minimum Gasteiger partial charge on any atom is -0.352 e. The summed E-state index contributed by atoms with van der Waals surface area (Å²) in [5.41, 5.74) is -1.71. The number of sulfone groups is 1. The van der Waals surface area contributed by atoms with Crippen molar-refractivity contribution in [3.63, 3.8) is 0 Å². The lowest BCUT2D eigenvalue weighted by Gasteiger charge is -2.32. The van der Waals surface area contributed by atoms with E-state index >= 15 is 0 Å². The van der Waals surface area contributed by atoms with Gasteiger partial charge < -0.3 is 20.9 Å². The van der Waals surface area contributed by atoms with Crippen molar-refractivity contribution in [2.45, 2.75) is 47.7 Å². The van der Waals surface area contributed by atoms with Crippen molar-refractivity contribution >= 4 is 45.1 Å². The van der Waals surface area contributed by atoms with Gasteiger partial charge >= 0.3 is 12.2 Å². The van der Waals surface area contributed by atoms with Crippen molar-refractivity contribution in [3.05, 3.63) is 53.6 Å². The van der Waals surface area contributed by atoms with E-state index in [1.54, 1.807) is 24.3 Å². The molecule has 0 aromatic heterocycles. The minimum atomic E-state index is -4.73. The second-order valence-electron chi connectivity index (χ2n) is 9.94. The van der Waals surface area contributed by atoms with Gasteiger partial charge in [-0.2, -0.15) is 13.2 Å². The van der Waals surface area contributed by atoms with Crippen LogP contribution in [-0.2, 0) is 20.8 Å². The monoisotopic (exact) mass is 614 g/mol. The molecule has 0 saturated heterocycles. The third-order valence-electron chi connectivity index (χ3n) is 6.76. The van der Waals surface area contributed by atoms with Crippen LogP contribution >= 0.6 is 11.8 Å². The number of hydrogen-bond acceptors (Lipinski definition) is 6. The summed E-state index contributed by atoms with van der Waals surface area (Å²) >= 11 is 1.50. The van der Waals surface area contributed by atoms with E-state index in [-0.39, 0.29) is 22.3 Å². The summed E-state index contributed by atoms with van der Waals surface area (Å²) < 4.78 is 66.0. The highest BCUT2D eigenvalue weighted by Crippen LogP contribution is 2.32. The molecular formula is C27H33F3N4O5S2. The van der Waals surface area contributed by atoms with E-state index < -0.39 is 57.6 Å². The van der Waals surface area contributed by atoms with Crippen molar-refractivity contribution in [1.29, 1.82) is 0 Å². The van der Waals surface area contributed by atoms with E-state index in [2.05, 4.69) is 16.0 Å². The molecular weight excluding hydrogens is 581 g/mol. The molecule has 1 aliphatic rings. The Balaban J connectivity index is 1.68. The van der Waals surface area contributed by atoms with E-state index in [9.17, 15) is 36.0 Å². The maximum atomic E-state index is 13.3. The topological polar surface area (TPSA) is 125 Å². The van der Waals surface area contributed by atoms with Crippen LogP contribution in [0.25, 0.3) is 0 Å². The molecule has 41 heavy (non-hydrogen) atoms. The van der Waals surface area contributed by atoms with Gasteiger partial charge in [0.25, 0.3) is 5.91 Å². The summed E-state index contributed by atoms with van der Waals surface area (Å²) in [6, 6.07) is 7.82. The third kappa shape index (κ3) is 8.86. The van der Waals surface area contributed by atoms with Gasteiger partial charge in [0.2, 0.25) is 5.91 Å². The second-order valence-corrected chi connectivity index (χ2v) is 12.9. The number of urea groups is 1. The fraction of sp³-hybridized carbons (Fsp3) is 0.444. The zero-order chi connectivity index (χ0) is 30.4. The molecule has 0 radical (unpaired) electrons. The first kappa shape index (κ1) is 32.3. The first-order chi connectivity index (χ1) is 19.2. The van der Waals surface area contributed by atoms with Crippen LogP contribution in [0, 0.1) is 5.92 Å². The first-order valence-electron chi connectivity index (χ1n) is 12.8. The molecule has 0 bridgehead atoms. The molecule has 9 nitrogen and oxygen atoms in total. The maximum Gasteiger partial charge on any atom is 0.416 e. The lowest BCUT2D eigenvalue weighted by Crippen LogP contribution is -2.47. The molecule has 3 rings (SSSR count). The van der Waals surface area contributed by atoms with Crippen LogP contribution in [-0.4, -0.2) is 69.9 Å². The van der Waals surface area contributed by atoms with Crippen LogP contribution in [0.15, 0.2) is 52.3 Å². The molecule has 2 aromatic rings. The summed E-state index contributed by atoms with van der Waals surface area (Å²) in [5.74, 6) is -2.09. The van der Waals surface area contributed by atoms with Gasteiger partial charge in [-0.05, 0) is 67.5 Å². The summed E-state index contributed by atoms with van der Waals surface area (Å²) in [7, 11) is -0.762. The third-order valence-corrected chi connectivity index (χ3v) is 9.36. The van der Waals surface area contributed by atoms with Gasteiger partial charge in [0.15, 0.2) is 9.84 Å². The molecule has 2 aromatic carbocycles. The summed E-state index contributed by atoms with van der Waals surface area (Å²) in [6.07, 6.45) is -0.0913. The quantitative estimate of drug-likeness (QED) is 0.360. The predicted octanol–water partition coefficient (Wildman–Crippen LogP) is 4.40. The van der Waals surface area contributed by atoms with Crippen molar-refractivity contribution in [3.8, 4) is 0 Å². The number of amides is 4. The molecule has 1 fully saturated rings. The Kier molecular flexibility index (Phi) is 10.7. The van der Waals surface area contributed by atoms with E-state index in [0.717, 1.165) is 34.8 Å². The van der Waals surface area contributed by atoms with E-state index in [1.165, 1.54) is 25.9 Å². The highest BCUT2D eigenvalue weighted by atomic mass is 32.2. The SMILES string of the molecule is CSc1ccc(S(=O)(=O)C[C@H]2CCCC[C@@H]2NC(=O)CNC(=O)c2cc(C(F)(F)F)ccc2NC(=O)N(C)C)cc1. The summed E-state index contributed by atoms with van der Waals surface area (Å²) in [6.45, 7) is -0.553. The smallest absolute Gasteiger partial charge is 0.352 e. The van der Waals surface area contributed by atoms with Gasteiger partial charge in [-0.3, -0.25) is 9.59 Å². The Morgan fingerprint density at radius 3 is 2.29 bits per heavy atom. The maximum absolute atomic E-state index is 13.3. The molecule has 1 aliphatic carbocycles. The highest BCUT2D eigenvalue weighted by Gasteiger charge is 2.33. The fourth-order valence-electron chi connectivity index (χ4n) is 4.52. The molecule has 2 atom stereocenters. The Bertz CT molecular complexity index is 1370. The van der Waals surface area contributed by atoms with E-state index in [1.807, 2.05) is 6.26 Å². The number of anilines is 1. The summed E-state index contributed by atoms with van der Waals surface area (Å²) in [4.78, 5) is 39.9. The number of thioether (sulfide) groups is 1. The van der Waals surface area contributed by atoms with Gasteiger partial charge in [0, 0.05) is 25.0 Å². The van der Waals surface area contributed by atoms with Crippen LogP contribution < -0.4 is 16.0 Å². The number of nitrogens with one attached hydrogen (secondary N) is 3. The molecule has 4 amide bonds. The number of halogens is 3. The van der Waals surface area contributed by atoms with Crippen molar-refractivity contribution in [1.82, 2.24) is 15.5 Å². The van der Waals surface area contributed by atoms with Crippen molar-refractivity contribution in [2.75, 3.05) is 38.0 Å². The van der Waals surface area contributed by atoms with Crippen LogP contribution in [0.1, 0.15) is 41.6 Å². The van der Waals surface area contributed by atoms with Gasteiger partial charge in [0.05, 0.1) is 34.0 Å². The number of rotatable bonds is 9. The average Bonchev–Trinajstić information content (AvgIpc) is 2.92. The lowest BCUT2D eigenvalue weighted by molar-refractivity contribution is -0.137. The van der Waals surface area contributed by atoms with Gasteiger partial charge in [-0.1, -0.05) is 12.8 Å². The number of hydrogen-bond donors (Lipinski definition) is 3. The zero-order valence-electron chi connectivity index (χ0n) is 22.9. The van der Waals surface area contributed by atoms with E-state index in [0.29, 0.717) is 18.9 Å². The first-order valence-corrected chi connectivity index (χ1v) is 15.7. The van der Waals surface area contributed by atoms with Crippen LogP contribution in [0.2, 0.25) is 0 Å². The Morgan fingerprint density at radius 2 is 1.68 bits per heavy atom. The molecule has 224 valence electrons. The van der Waals surface area contributed by atoms with E-state index in [4.69, 9.17) is 0 Å². The van der Waals surface area contributed by atoms with Crippen molar-refractivity contribution < 1.29 is 36.0 Å². The summed E-state index contributed by atoms with van der Waals surface area (Å²) in [5, 5.41) is 7.46. The highest BCUT2D eigenvalue weighted by molar-refractivity contribution is 7.98. The number of carbonyl (C=O) groups excluding carboxylic acids is 3. The van der Waals surface area contributed by atoms with Gasteiger partial charge in [0.1, 0.15) is 0 Å². The average molecular weight is 615 g/mol. The molecule has 0 unspecified atom stereocenters. The van der Waals surface area contributed by atoms with Gasteiger partial charge in [-0.25, -0.2) is 13.2 Å². The number of benzene rings is 2.